The molecule has 0 aliphatic heterocycles. The molecule has 24 heavy (non-hydrogen) atoms. The van der Waals surface area contributed by atoms with E-state index in [2.05, 4.69) is 26.1 Å². The molecule has 3 heteroatoms. The van der Waals surface area contributed by atoms with Crippen LogP contribution < -0.4 is 10.1 Å². The number of carbonyl (C=O) groups is 1. The molecule has 128 valence electrons. The lowest BCUT2D eigenvalue weighted by atomic mass is 9.86. The predicted octanol–water partition coefficient (Wildman–Crippen LogP) is 5.01. The number of carbonyl (C=O) groups excluding carboxylic acids is 1. The zero-order valence-electron chi connectivity index (χ0n) is 15.4. The lowest BCUT2D eigenvalue weighted by Gasteiger charge is -2.24. The zero-order chi connectivity index (χ0) is 17.9. The third-order valence-electron chi connectivity index (χ3n) is 4.02. The molecule has 0 bridgehead atoms. The highest BCUT2D eigenvalue weighted by Gasteiger charge is 2.22. The van der Waals surface area contributed by atoms with Gasteiger partial charge in [0.25, 0.3) is 5.91 Å². The average molecular weight is 325 g/mol. The average Bonchev–Trinajstić information content (AvgIpc) is 2.50. The number of nitrogens with one attached hydrogen (secondary N) is 1. The smallest absolute Gasteiger partial charge is 0.265 e. The van der Waals surface area contributed by atoms with Gasteiger partial charge < -0.3 is 10.1 Å². The van der Waals surface area contributed by atoms with Gasteiger partial charge in [-0.05, 0) is 55.0 Å². The lowest BCUT2D eigenvalue weighted by Crippen LogP contribution is -2.31. The highest BCUT2D eigenvalue weighted by molar-refractivity contribution is 5.94. The lowest BCUT2D eigenvalue weighted by molar-refractivity contribution is -0.122. The summed E-state index contributed by atoms with van der Waals surface area (Å²) >= 11 is 0. The van der Waals surface area contributed by atoms with E-state index in [9.17, 15) is 4.79 Å². The second-order valence-corrected chi connectivity index (χ2v) is 7.31. The van der Waals surface area contributed by atoms with Crippen LogP contribution in [0.4, 0.5) is 5.69 Å². The first-order chi connectivity index (χ1) is 11.2. The van der Waals surface area contributed by atoms with Crippen LogP contribution in [0.5, 0.6) is 5.75 Å². The van der Waals surface area contributed by atoms with Gasteiger partial charge in [-0.15, -0.1) is 0 Å². The summed E-state index contributed by atoms with van der Waals surface area (Å²) in [7, 11) is 0. The van der Waals surface area contributed by atoms with E-state index in [0.717, 1.165) is 28.1 Å². The van der Waals surface area contributed by atoms with Crippen LogP contribution in [0, 0.1) is 13.8 Å². The van der Waals surface area contributed by atoms with Crippen LogP contribution in [-0.4, -0.2) is 12.0 Å². The van der Waals surface area contributed by atoms with Crippen molar-refractivity contribution in [2.24, 2.45) is 0 Å². The van der Waals surface area contributed by atoms with Crippen LogP contribution >= 0.6 is 0 Å². The van der Waals surface area contributed by atoms with Gasteiger partial charge in [-0.2, -0.15) is 0 Å². The summed E-state index contributed by atoms with van der Waals surface area (Å²) in [6.45, 7) is 12.2. The Morgan fingerprint density at radius 1 is 1.08 bits per heavy atom. The topological polar surface area (TPSA) is 38.3 Å². The predicted molar refractivity (Wildman–Crippen MR) is 99.8 cm³/mol. The molecule has 0 aliphatic carbocycles. The number of rotatable bonds is 4. The molecule has 0 fully saturated rings. The van der Waals surface area contributed by atoms with Crippen molar-refractivity contribution in [1.29, 1.82) is 0 Å². The number of benzene rings is 2. The largest absolute Gasteiger partial charge is 0.481 e. The number of para-hydroxylation sites is 1. The number of ether oxygens (including phenoxy) is 1. The van der Waals surface area contributed by atoms with Gasteiger partial charge in [0.1, 0.15) is 5.75 Å². The Balaban J connectivity index is 2.14. The number of amides is 1. The highest BCUT2D eigenvalue weighted by Crippen LogP contribution is 2.31. The monoisotopic (exact) mass is 325 g/mol. The van der Waals surface area contributed by atoms with Crippen molar-refractivity contribution < 1.29 is 9.53 Å². The molecule has 0 heterocycles. The maximum absolute atomic E-state index is 12.5. The quantitative estimate of drug-likeness (QED) is 0.858. The summed E-state index contributed by atoms with van der Waals surface area (Å²) < 4.78 is 5.96. The second kappa shape index (κ2) is 7.08. The fourth-order valence-electron chi connectivity index (χ4n) is 2.54. The molecule has 3 nitrogen and oxygen atoms in total. The molecule has 1 atom stereocenters. The van der Waals surface area contributed by atoms with Crippen LogP contribution in [0.2, 0.25) is 0 Å². The maximum atomic E-state index is 12.5. The van der Waals surface area contributed by atoms with Crippen LogP contribution in [0.3, 0.4) is 0 Å². The summed E-state index contributed by atoms with van der Waals surface area (Å²) in [5.74, 6) is 0.612. The Labute approximate surface area is 145 Å². The molecule has 0 aliphatic rings. The normalized spacial score (nSPS) is 12.6. The first-order valence-electron chi connectivity index (χ1n) is 8.33. The zero-order valence-corrected chi connectivity index (χ0v) is 15.4. The molecule has 1 N–H and O–H groups in total. The molecular weight excluding hydrogens is 298 g/mol. The number of aryl methyl sites for hydroxylation is 2. The maximum Gasteiger partial charge on any atom is 0.265 e. The van der Waals surface area contributed by atoms with E-state index in [1.54, 1.807) is 6.92 Å². The van der Waals surface area contributed by atoms with Gasteiger partial charge in [0, 0.05) is 5.69 Å². The molecule has 2 aromatic rings. The molecule has 2 aromatic carbocycles. The Bertz CT molecular complexity index is 729. The van der Waals surface area contributed by atoms with E-state index in [1.165, 1.54) is 0 Å². The SMILES string of the molecule is Cc1ccc(C)c(NC(=O)C(C)Oc2ccccc2C(C)(C)C)c1. The molecule has 0 radical (unpaired) electrons. The number of hydrogen-bond acceptors (Lipinski definition) is 2. The van der Waals surface area contributed by atoms with Gasteiger partial charge in [-0.25, -0.2) is 0 Å². The van der Waals surface area contributed by atoms with Crippen LogP contribution in [-0.2, 0) is 10.2 Å². The van der Waals surface area contributed by atoms with E-state index in [-0.39, 0.29) is 11.3 Å². The number of hydrogen-bond donors (Lipinski definition) is 1. The molecule has 1 unspecified atom stereocenters. The summed E-state index contributed by atoms with van der Waals surface area (Å²) in [6, 6.07) is 13.9. The second-order valence-electron chi connectivity index (χ2n) is 7.31. The van der Waals surface area contributed by atoms with Gasteiger partial charge >= 0.3 is 0 Å². The summed E-state index contributed by atoms with van der Waals surface area (Å²) in [6.07, 6.45) is -0.576. The Kier molecular flexibility index (Phi) is 5.33. The molecule has 0 aromatic heterocycles. The molecule has 0 saturated heterocycles. The van der Waals surface area contributed by atoms with E-state index in [4.69, 9.17) is 4.74 Å². The fraction of sp³-hybridized carbons (Fsp3) is 0.381. The van der Waals surface area contributed by atoms with Crippen molar-refractivity contribution in [3.8, 4) is 5.75 Å². The fourth-order valence-corrected chi connectivity index (χ4v) is 2.54. The van der Waals surface area contributed by atoms with Crippen molar-refractivity contribution >= 4 is 11.6 Å². The van der Waals surface area contributed by atoms with Crippen molar-refractivity contribution in [1.82, 2.24) is 0 Å². The third-order valence-corrected chi connectivity index (χ3v) is 4.02. The first kappa shape index (κ1) is 18.1. The van der Waals surface area contributed by atoms with Gasteiger partial charge in [0.05, 0.1) is 0 Å². The first-order valence-corrected chi connectivity index (χ1v) is 8.33. The molecule has 0 spiro atoms. The van der Waals surface area contributed by atoms with E-state index < -0.39 is 6.10 Å². The van der Waals surface area contributed by atoms with E-state index in [1.807, 2.05) is 56.3 Å². The number of anilines is 1. The summed E-state index contributed by atoms with van der Waals surface area (Å²) in [5, 5.41) is 2.97. The van der Waals surface area contributed by atoms with Crippen LogP contribution in [0.25, 0.3) is 0 Å². The molecule has 0 saturated carbocycles. The minimum absolute atomic E-state index is 0.0417. The van der Waals surface area contributed by atoms with Gasteiger partial charge in [-0.3, -0.25) is 4.79 Å². The Hall–Kier alpha value is -2.29. The van der Waals surface area contributed by atoms with Crippen molar-refractivity contribution in [3.05, 3.63) is 59.2 Å². The van der Waals surface area contributed by atoms with Gasteiger partial charge in [-0.1, -0.05) is 51.1 Å². The van der Waals surface area contributed by atoms with E-state index in [0.29, 0.717) is 0 Å². The Morgan fingerprint density at radius 3 is 2.42 bits per heavy atom. The van der Waals surface area contributed by atoms with Crippen molar-refractivity contribution in [2.75, 3.05) is 5.32 Å². The van der Waals surface area contributed by atoms with Gasteiger partial charge in [0.2, 0.25) is 0 Å². The standard InChI is InChI=1S/C21H27NO2/c1-14-11-12-15(2)18(13-14)22-20(23)16(3)24-19-10-8-7-9-17(19)21(4,5)6/h7-13,16H,1-6H3,(H,22,23). The third kappa shape index (κ3) is 4.38. The minimum atomic E-state index is -0.576. The summed E-state index contributed by atoms with van der Waals surface area (Å²) in [4.78, 5) is 12.5. The van der Waals surface area contributed by atoms with Gasteiger partial charge in [0.15, 0.2) is 6.10 Å². The molecule has 1 amide bonds. The summed E-state index contributed by atoms with van der Waals surface area (Å²) in [5.41, 5.74) is 4.04. The van der Waals surface area contributed by atoms with Crippen LogP contribution in [0.1, 0.15) is 44.4 Å². The van der Waals surface area contributed by atoms with Crippen molar-refractivity contribution in [2.45, 2.75) is 53.1 Å². The van der Waals surface area contributed by atoms with E-state index >= 15 is 0 Å². The highest BCUT2D eigenvalue weighted by atomic mass is 16.5. The minimum Gasteiger partial charge on any atom is -0.481 e. The van der Waals surface area contributed by atoms with Crippen LogP contribution in [0.15, 0.2) is 42.5 Å². The van der Waals surface area contributed by atoms with Crippen molar-refractivity contribution in [3.63, 3.8) is 0 Å². The molecule has 2 rings (SSSR count). The Morgan fingerprint density at radius 2 is 1.75 bits per heavy atom. The molecular formula is C21H27NO2.